The first-order valence-electron chi connectivity index (χ1n) is 7.34. The zero-order valence-corrected chi connectivity index (χ0v) is 12.8. The van der Waals surface area contributed by atoms with E-state index < -0.39 is 0 Å². The first-order valence-corrected chi connectivity index (χ1v) is 7.34. The molecule has 116 valence electrons. The highest BCUT2D eigenvalue weighted by Crippen LogP contribution is 2.12. The lowest BCUT2D eigenvalue weighted by Gasteiger charge is -2.07. The number of benzene rings is 2. The van der Waals surface area contributed by atoms with E-state index in [0.717, 1.165) is 6.42 Å². The first kappa shape index (κ1) is 16.2. The minimum Gasteiger partial charge on any atom is -0.352 e. The highest BCUT2D eigenvalue weighted by Gasteiger charge is 2.09. The van der Waals surface area contributed by atoms with Crippen LogP contribution in [0, 0.1) is 11.3 Å². The number of amides is 2. The minimum atomic E-state index is -0.291. The van der Waals surface area contributed by atoms with Crippen molar-refractivity contribution in [2.75, 3.05) is 11.9 Å². The predicted molar refractivity (Wildman–Crippen MR) is 88.2 cm³/mol. The van der Waals surface area contributed by atoms with Crippen molar-refractivity contribution in [3.8, 4) is 6.07 Å². The molecule has 23 heavy (non-hydrogen) atoms. The molecule has 0 aliphatic carbocycles. The highest BCUT2D eigenvalue weighted by atomic mass is 16.2. The maximum Gasteiger partial charge on any atom is 0.255 e. The molecular formula is C18H17N3O2. The third kappa shape index (κ3) is 4.42. The second kappa shape index (κ2) is 7.76. The molecule has 0 atom stereocenters. The number of carbonyl (C=O) groups excluding carboxylic acids is 2. The fourth-order valence-electron chi connectivity index (χ4n) is 1.98. The Bertz CT molecular complexity index is 746. The Morgan fingerprint density at radius 3 is 2.30 bits per heavy atom. The minimum absolute atomic E-state index is 0.152. The number of nitrogens with zero attached hydrogens (tertiary/aromatic N) is 1. The molecule has 0 heterocycles. The van der Waals surface area contributed by atoms with Crippen molar-refractivity contribution in [1.29, 1.82) is 5.26 Å². The average molecular weight is 307 g/mol. The Hall–Kier alpha value is -3.13. The first-order chi connectivity index (χ1) is 11.1. The van der Waals surface area contributed by atoms with E-state index in [4.69, 9.17) is 5.26 Å². The van der Waals surface area contributed by atoms with Gasteiger partial charge in [0, 0.05) is 23.4 Å². The molecular weight excluding hydrogens is 290 g/mol. The van der Waals surface area contributed by atoms with Gasteiger partial charge in [-0.05, 0) is 48.9 Å². The monoisotopic (exact) mass is 307 g/mol. The summed E-state index contributed by atoms with van der Waals surface area (Å²) < 4.78 is 0. The molecule has 0 aliphatic rings. The molecule has 0 saturated carbocycles. The van der Waals surface area contributed by atoms with Crippen LogP contribution < -0.4 is 10.6 Å². The SMILES string of the molecule is CCCNC(=O)c1ccc(C(=O)Nc2cccc(C#N)c2)cc1. The van der Waals surface area contributed by atoms with Gasteiger partial charge in [-0.1, -0.05) is 13.0 Å². The van der Waals surface area contributed by atoms with Crippen LogP contribution in [0.1, 0.15) is 39.6 Å². The molecule has 2 amide bonds. The van der Waals surface area contributed by atoms with E-state index in [9.17, 15) is 9.59 Å². The van der Waals surface area contributed by atoms with Crippen LogP contribution in [0.5, 0.6) is 0 Å². The lowest BCUT2D eigenvalue weighted by Crippen LogP contribution is -2.24. The van der Waals surface area contributed by atoms with Crippen LogP contribution in [0.15, 0.2) is 48.5 Å². The maximum atomic E-state index is 12.2. The molecule has 0 saturated heterocycles. The standard InChI is InChI=1S/C18H17N3O2/c1-2-10-20-17(22)14-6-8-15(9-7-14)18(23)21-16-5-3-4-13(11-16)12-19/h3-9,11H,2,10H2,1H3,(H,20,22)(H,21,23). The fraction of sp³-hybridized carbons (Fsp3) is 0.167. The molecule has 2 N–H and O–H groups in total. The summed E-state index contributed by atoms with van der Waals surface area (Å²) in [4.78, 5) is 24.0. The number of hydrogen-bond acceptors (Lipinski definition) is 3. The number of nitriles is 1. The van der Waals surface area contributed by atoms with Crippen LogP contribution in [0.2, 0.25) is 0 Å². The Kier molecular flexibility index (Phi) is 5.48. The van der Waals surface area contributed by atoms with Crippen molar-refractivity contribution < 1.29 is 9.59 Å². The van der Waals surface area contributed by atoms with E-state index in [0.29, 0.717) is 28.9 Å². The van der Waals surface area contributed by atoms with Gasteiger partial charge in [-0.3, -0.25) is 9.59 Å². The molecule has 2 rings (SSSR count). The van der Waals surface area contributed by atoms with Crippen LogP contribution in [0.4, 0.5) is 5.69 Å². The molecule has 0 unspecified atom stereocenters. The molecule has 2 aromatic rings. The number of anilines is 1. The quantitative estimate of drug-likeness (QED) is 0.891. The van der Waals surface area contributed by atoms with Crippen molar-refractivity contribution in [3.63, 3.8) is 0 Å². The van der Waals surface area contributed by atoms with E-state index in [-0.39, 0.29) is 11.8 Å². The Balaban J connectivity index is 2.05. The van der Waals surface area contributed by atoms with Crippen molar-refractivity contribution >= 4 is 17.5 Å². The third-order valence-corrected chi connectivity index (χ3v) is 3.19. The maximum absolute atomic E-state index is 12.2. The summed E-state index contributed by atoms with van der Waals surface area (Å²) in [5.74, 6) is -0.443. The second-order valence-electron chi connectivity index (χ2n) is 4.98. The van der Waals surface area contributed by atoms with Crippen molar-refractivity contribution in [3.05, 3.63) is 65.2 Å². The Labute approximate surface area is 134 Å². The van der Waals surface area contributed by atoms with Gasteiger partial charge < -0.3 is 10.6 Å². The summed E-state index contributed by atoms with van der Waals surface area (Å²) in [6, 6.07) is 15.1. The number of carbonyl (C=O) groups is 2. The number of rotatable bonds is 5. The summed E-state index contributed by atoms with van der Waals surface area (Å²) in [5, 5.41) is 14.4. The van der Waals surface area contributed by atoms with Gasteiger partial charge in [0.2, 0.25) is 0 Å². The van der Waals surface area contributed by atoms with E-state index >= 15 is 0 Å². The van der Waals surface area contributed by atoms with Gasteiger partial charge in [0.25, 0.3) is 11.8 Å². The van der Waals surface area contributed by atoms with E-state index in [1.54, 1.807) is 48.5 Å². The number of nitrogens with one attached hydrogen (secondary N) is 2. The summed E-state index contributed by atoms with van der Waals surface area (Å²) in [6.07, 6.45) is 0.869. The largest absolute Gasteiger partial charge is 0.352 e. The Morgan fingerprint density at radius 1 is 1.04 bits per heavy atom. The van der Waals surface area contributed by atoms with Gasteiger partial charge in [0.05, 0.1) is 11.6 Å². The van der Waals surface area contributed by atoms with E-state index in [2.05, 4.69) is 10.6 Å². The molecule has 2 aromatic carbocycles. The predicted octanol–water partition coefficient (Wildman–Crippen LogP) is 2.95. The summed E-state index contributed by atoms with van der Waals surface area (Å²) in [5.41, 5.74) is 1.99. The highest BCUT2D eigenvalue weighted by molar-refractivity contribution is 6.05. The van der Waals surface area contributed by atoms with Gasteiger partial charge in [0.15, 0.2) is 0 Å². The van der Waals surface area contributed by atoms with E-state index in [1.807, 2.05) is 13.0 Å². The fourth-order valence-corrected chi connectivity index (χ4v) is 1.98. The smallest absolute Gasteiger partial charge is 0.255 e. The van der Waals surface area contributed by atoms with Crippen molar-refractivity contribution in [2.45, 2.75) is 13.3 Å². The van der Waals surface area contributed by atoms with Crippen LogP contribution in [0.3, 0.4) is 0 Å². The zero-order valence-electron chi connectivity index (χ0n) is 12.8. The van der Waals surface area contributed by atoms with Crippen LogP contribution in [-0.2, 0) is 0 Å². The molecule has 0 spiro atoms. The average Bonchev–Trinajstić information content (AvgIpc) is 2.60. The molecule has 5 heteroatoms. The zero-order chi connectivity index (χ0) is 16.7. The summed E-state index contributed by atoms with van der Waals surface area (Å²) >= 11 is 0. The van der Waals surface area contributed by atoms with Gasteiger partial charge in [0.1, 0.15) is 0 Å². The third-order valence-electron chi connectivity index (χ3n) is 3.19. The molecule has 0 aliphatic heterocycles. The van der Waals surface area contributed by atoms with Crippen molar-refractivity contribution in [2.24, 2.45) is 0 Å². The number of hydrogen-bond donors (Lipinski definition) is 2. The normalized spacial score (nSPS) is 9.74. The van der Waals surface area contributed by atoms with Gasteiger partial charge in [-0.2, -0.15) is 5.26 Å². The molecule has 0 aromatic heterocycles. The molecule has 0 radical (unpaired) electrons. The molecule has 0 bridgehead atoms. The van der Waals surface area contributed by atoms with Crippen molar-refractivity contribution in [1.82, 2.24) is 5.32 Å². The molecule has 5 nitrogen and oxygen atoms in total. The van der Waals surface area contributed by atoms with Crippen LogP contribution in [0.25, 0.3) is 0 Å². The second-order valence-corrected chi connectivity index (χ2v) is 4.98. The Morgan fingerprint density at radius 2 is 1.70 bits per heavy atom. The van der Waals surface area contributed by atoms with Gasteiger partial charge in [-0.25, -0.2) is 0 Å². The van der Waals surface area contributed by atoms with Crippen LogP contribution in [-0.4, -0.2) is 18.4 Å². The summed E-state index contributed by atoms with van der Waals surface area (Å²) in [7, 11) is 0. The van der Waals surface area contributed by atoms with Gasteiger partial charge >= 0.3 is 0 Å². The lowest BCUT2D eigenvalue weighted by molar-refractivity contribution is 0.0951. The lowest BCUT2D eigenvalue weighted by atomic mass is 10.1. The van der Waals surface area contributed by atoms with E-state index in [1.165, 1.54) is 0 Å². The van der Waals surface area contributed by atoms with Crippen LogP contribution >= 0.6 is 0 Å². The topological polar surface area (TPSA) is 82.0 Å². The van der Waals surface area contributed by atoms with Gasteiger partial charge in [-0.15, -0.1) is 0 Å². The molecule has 0 fully saturated rings. The summed E-state index contributed by atoms with van der Waals surface area (Å²) in [6.45, 7) is 2.60.